The molecule has 3 nitrogen and oxygen atoms in total. The summed E-state index contributed by atoms with van der Waals surface area (Å²) in [6, 6.07) is 7.81. The molecule has 82 valence electrons. The van der Waals surface area contributed by atoms with Crippen molar-refractivity contribution in [3.8, 4) is 5.75 Å². The van der Waals surface area contributed by atoms with Gasteiger partial charge in [0.25, 0.3) is 0 Å². The minimum Gasteiger partial charge on any atom is -0.486 e. The van der Waals surface area contributed by atoms with E-state index >= 15 is 0 Å². The van der Waals surface area contributed by atoms with E-state index in [1.807, 2.05) is 31.2 Å². The second kappa shape index (κ2) is 4.90. The average molecular weight is 233 g/mol. The summed E-state index contributed by atoms with van der Waals surface area (Å²) in [5.74, 6) is 0.852. The molecule has 1 aromatic carbocycles. The molecule has 0 atom stereocenters. The number of para-hydroxylation sites is 1. The summed E-state index contributed by atoms with van der Waals surface area (Å²) in [5.41, 5.74) is 1.09. The lowest BCUT2D eigenvalue weighted by molar-refractivity contribution is 0.112. The number of nitrogens with zero attached hydrogens (tertiary/aromatic N) is 1. The number of carbonyl (C=O) groups excluding carboxylic acids is 1. The molecular formula is C12H11NO2S. The van der Waals surface area contributed by atoms with Crippen molar-refractivity contribution in [1.29, 1.82) is 0 Å². The topological polar surface area (TPSA) is 39.2 Å². The Morgan fingerprint density at radius 2 is 2.25 bits per heavy atom. The number of carbonyl (C=O) groups is 1. The van der Waals surface area contributed by atoms with Gasteiger partial charge in [0, 0.05) is 6.20 Å². The van der Waals surface area contributed by atoms with Crippen LogP contribution in [0.4, 0.5) is 0 Å². The maximum Gasteiger partial charge on any atom is 0.161 e. The van der Waals surface area contributed by atoms with E-state index in [4.69, 9.17) is 4.74 Å². The van der Waals surface area contributed by atoms with Crippen molar-refractivity contribution in [1.82, 2.24) is 4.98 Å². The molecule has 2 aromatic rings. The first-order valence-corrected chi connectivity index (χ1v) is 5.69. The lowest BCUT2D eigenvalue weighted by Crippen LogP contribution is -1.95. The van der Waals surface area contributed by atoms with Crippen LogP contribution in [-0.4, -0.2) is 11.3 Å². The van der Waals surface area contributed by atoms with Crippen molar-refractivity contribution in [2.45, 2.75) is 13.5 Å². The zero-order valence-corrected chi connectivity index (χ0v) is 9.66. The number of benzene rings is 1. The van der Waals surface area contributed by atoms with Crippen LogP contribution in [0, 0.1) is 6.92 Å². The van der Waals surface area contributed by atoms with Crippen molar-refractivity contribution < 1.29 is 9.53 Å². The molecule has 16 heavy (non-hydrogen) atoms. The van der Waals surface area contributed by atoms with E-state index in [9.17, 15) is 4.79 Å². The van der Waals surface area contributed by atoms with Gasteiger partial charge in [-0.2, -0.15) is 0 Å². The fraction of sp³-hybridized carbons (Fsp3) is 0.167. The molecule has 4 heteroatoms. The number of aryl methyl sites for hydroxylation is 1. The molecule has 0 spiro atoms. The Morgan fingerprint density at radius 3 is 2.94 bits per heavy atom. The van der Waals surface area contributed by atoms with Gasteiger partial charge in [0.1, 0.15) is 17.4 Å². The summed E-state index contributed by atoms with van der Waals surface area (Å²) in [6.45, 7) is 2.40. The zero-order valence-electron chi connectivity index (χ0n) is 8.84. The van der Waals surface area contributed by atoms with E-state index in [2.05, 4.69) is 4.98 Å². The van der Waals surface area contributed by atoms with Crippen molar-refractivity contribution in [2.24, 2.45) is 0 Å². The molecule has 0 N–H and O–H groups in total. The summed E-state index contributed by atoms with van der Waals surface area (Å²) in [5, 5.41) is 0.811. The lowest BCUT2D eigenvalue weighted by atomic mass is 10.2. The van der Waals surface area contributed by atoms with Gasteiger partial charge < -0.3 is 4.74 Å². The van der Waals surface area contributed by atoms with Crippen LogP contribution in [0.15, 0.2) is 30.5 Å². The SMILES string of the molecule is Cc1ccccc1OCc1ncc(C=O)s1. The van der Waals surface area contributed by atoms with E-state index in [1.54, 1.807) is 6.20 Å². The molecule has 1 heterocycles. The van der Waals surface area contributed by atoms with Crippen LogP contribution in [0.3, 0.4) is 0 Å². The van der Waals surface area contributed by atoms with Crippen LogP contribution >= 0.6 is 11.3 Å². The van der Waals surface area contributed by atoms with Crippen molar-refractivity contribution in [2.75, 3.05) is 0 Å². The number of hydrogen-bond acceptors (Lipinski definition) is 4. The number of aromatic nitrogens is 1. The second-order valence-corrected chi connectivity index (χ2v) is 4.48. The third-order valence-corrected chi connectivity index (χ3v) is 3.03. The number of thiazole rings is 1. The summed E-state index contributed by atoms with van der Waals surface area (Å²) in [6.07, 6.45) is 2.36. The summed E-state index contributed by atoms with van der Waals surface area (Å²) in [4.78, 5) is 15.2. The highest BCUT2D eigenvalue weighted by molar-refractivity contribution is 7.13. The molecule has 1 aromatic heterocycles. The quantitative estimate of drug-likeness (QED) is 0.762. The fourth-order valence-electron chi connectivity index (χ4n) is 1.30. The monoisotopic (exact) mass is 233 g/mol. The maximum atomic E-state index is 10.5. The first kappa shape index (κ1) is 10.8. The molecular weight excluding hydrogens is 222 g/mol. The molecule has 2 rings (SSSR count). The standard InChI is InChI=1S/C12H11NO2S/c1-9-4-2-3-5-11(9)15-8-12-13-6-10(7-14)16-12/h2-7H,8H2,1H3. The highest BCUT2D eigenvalue weighted by Crippen LogP contribution is 2.19. The van der Waals surface area contributed by atoms with Gasteiger partial charge in [-0.05, 0) is 18.6 Å². The Kier molecular flexibility index (Phi) is 3.31. The van der Waals surface area contributed by atoms with Crippen LogP contribution in [0.2, 0.25) is 0 Å². The van der Waals surface area contributed by atoms with Gasteiger partial charge in [0.2, 0.25) is 0 Å². The Labute approximate surface area is 97.7 Å². The molecule has 0 aliphatic rings. The highest BCUT2D eigenvalue weighted by Gasteiger charge is 2.03. The molecule has 0 unspecified atom stereocenters. The Morgan fingerprint density at radius 1 is 1.44 bits per heavy atom. The smallest absolute Gasteiger partial charge is 0.161 e. The number of hydrogen-bond donors (Lipinski definition) is 0. The molecule has 0 amide bonds. The number of ether oxygens (including phenoxy) is 1. The largest absolute Gasteiger partial charge is 0.486 e. The van der Waals surface area contributed by atoms with Gasteiger partial charge in [-0.3, -0.25) is 4.79 Å². The fourth-order valence-corrected chi connectivity index (χ4v) is 1.95. The minimum atomic E-state index is 0.406. The average Bonchev–Trinajstić information content (AvgIpc) is 2.76. The van der Waals surface area contributed by atoms with Gasteiger partial charge in [-0.25, -0.2) is 4.98 Å². The van der Waals surface area contributed by atoms with Gasteiger partial charge >= 0.3 is 0 Å². The maximum absolute atomic E-state index is 10.5. The van der Waals surface area contributed by atoms with Crippen LogP contribution in [0.25, 0.3) is 0 Å². The van der Waals surface area contributed by atoms with Gasteiger partial charge in [-0.1, -0.05) is 18.2 Å². The van der Waals surface area contributed by atoms with Crippen LogP contribution in [-0.2, 0) is 6.61 Å². The van der Waals surface area contributed by atoms with Gasteiger partial charge in [0.15, 0.2) is 6.29 Å². The lowest BCUT2D eigenvalue weighted by Gasteiger charge is -2.06. The van der Waals surface area contributed by atoms with E-state index in [-0.39, 0.29) is 0 Å². The predicted octanol–water partition coefficient (Wildman–Crippen LogP) is 2.84. The molecule has 0 aliphatic heterocycles. The van der Waals surface area contributed by atoms with Crippen LogP contribution < -0.4 is 4.74 Å². The molecule has 0 radical (unpaired) electrons. The van der Waals surface area contributed by atoms with E-state index in [0.29, 0.717) is 11.5 Å². The molecule has 0 bridgehead atoms. The highest BCUT2D eigenvalue weighted by atomic mass is 32.1. The summed E-state index contributed by atoms with van der Waals surface area (Å²) in [7, 11) is 0. The third kappa shape index (κ3) is 2.46. The van der Waals surface area contributed by atoms with Crippen molar-refractivity contribution in [3.63, 3.8) is 0 Å². The molecule has 0 fully saturated rings. The van der Waals surface area contributed by atoms with Crippen LogP contribution in [0.5, 0.6) is 5.75 Å². The molecule has 0 saturated carbocycles. The number of rotatable bonds is 4. The summed E-state index contributed by atoms with van der Waals surface area (Å²) >= 11 is 1.35. The third-order valence-electron chi connectivity index (χ3n) is 2.13. The minimum absolute atomic E-state index is 0.406. The number of aldehydes is 1. The predicted molar refractivity (Wildman–Crippen MR) is 63.0 cm³/mol. The molecule has 0 saturated heterocycles. The van der Waals surface area contributed by atoms with E-state index in [0.717, 1.165) is 22.6 Å². The van der Waals surface area contributed by atoms with Crippen molar-refractivity contribution >= 4 is 17.6 Å². The Balaban J connectivity index is 2.02. The van der Waals surface area contributed by atoms with Gasteiger partial charge in [-0.15, -0.1) is 11.3 Å². The first-order chi connectivity index (χ1) is 7.79. The zero-order chi connectivity index (χ0) is 11.4. The van der Waals surface area contributed by atoms with Gasteiger partial charge in [0.05, 0.1) is 4.88 Å². The molecule has 0 aliphatic carbocycles. The van der Waals surface area contributed by atoms with E-state index in [1.165, 1.54) is 11.3 Å². The van der Waals surface area contributed by atoms with Crippen molar-refractivity contribution in [3.05, 3.63) is 45.9 Å². The first-order valence-electron chi connectivity index (χ1n) is 4.88. The summed E-state index contributed by atoms with van der Waals surface area (Å²) < 4.78 is 5.61. The van der Waals surface area contributed by atoms with Crippen LogP contribution in [0.1, 0.15) is 20.2 Å². The van der Waals surface area contributed by atoms with E-state index < -0.39 is 0 Å². The normalized spacial score (nSPS) is 10.1. The Bertz CT molecular complexity index is 493. The second-order valence-electron chi connectivity index (χ2n) is 3.33. The Hall–Kier alpha value is -1.68.